The van der Waals surface area contributed by atoms with Crippen LogP contribution >= 0.6 is 0 Å². The standard InChI is InChI=1S/2C12H11.C4H14Si2.2ClH.Hf/c2*1-10-7-8-12(9-10)11-5-3-2-4-6-11;1-5-6(2,3)4;;;/h2*2-6,9H,8H2,1H3;5H2,1-4H3;2*1H;/q2*-1;;;;+4/p-2. The van der Waals surface area contributed by atoms with Crippen LogP contribution in [-0.2, 0) is 25.8 Å². The van der Waals surface area contributed by atoms with Gasteiger partial charge in [0.2, 0.25) is 0 Å². The van der Waals surface area contributed by atoms with E-state index >= 15 is 0 Å². The van der Waals surface area contributed by atoms with Crippen LogP contribution in [0.15, 0.2) is 84.0 Å². The van der Waals surface area contributed by atoms with Crippen LogP contribution in [0, 0.1) is 12.2 Å². The second-order valence-electron chi connectivity index (χ2n) is 9.06. The largest absolute Gasteiger partial charge is 4.00 e. The molecule has 0 bridgehead atoms. The maximum Gasteiger partial charge on any atom is 4.00 e. The molecule has 0 amide bonds. The number of rotatable bonds is 3. The summed E-state index contributed by atoms with van der Waals surface area (Å²) in [6.45, 7) is 13.9. The van der Waals surface area contributed by atoms with Gasteiger partial charge in [0.1, 0.15) is 0 Å². The number of benzene rings is 2. The van der Waals surface area contributed by atoms with Crippen LogP contribution in [0.25, 0.3) is 11.1 Å². The van der Waals surface area contributed by atoms with Gasteiger partial charge in [-0.25, -0.2) is 23.3 Å². The molecule has 0 aromatic heterocycles. The summed E-state index contributed by atoms with van der Waals surface area (Å²) in [4.78, 5) is 0. The third-order valence-corrected chi connectivity index (χ3v) is 13.7. The Morgan fingerprint density at radius 1 is 0.667 bits per heavy atom. The van der Waals surface area contributed by atoms with Crippen molar-refractivity contribution in [3.63, 3.8) is 0 Å². The summed E-state index contributed by atoms with van der Waals surface area (Å²) >= 11 is 0. The zero-order valence-corrected chi connectivity index (χ0v) is 28.3. The van der Waals surface area contributed by atoms with Crippen molar-refractivity contribution >= 4 is 27.8 Å². The van der Waals surface area contributed by atoms with E-state index in [2.05, 4.69) is 113 Å². The molecule has 0 fully saturated rings. The fraction of sp³-hybridized carbons (Fsp3) is 0.286. The maximum atomic E-state index is 3.29. The van der Waals surface area contributed by atoms with Gasteiger partial charge in [-0.05, 0) is 11.1 Å². The summed E-state index contributed by atoms with van der Waals surface area (Å²) in [5.41, 5.74) is 7.92. The minimum absolute atomic E-state index is 0. The zero-order chi connectivity index (χ0) is 22.0. The molecule has 4 rings (SSSR count). The Morgan fingerprint density at radius 2 is 0.970 bits per heavy atom. The zero-order valence-electron chi connectivity index (χ0n) is 20.8. The Kier molecular flexibility index (Phi) is 18.5. The fourth-order valence-corrected chi connectivity index (χ4v) is 2.87. The topological polar surface area (TPSA) is 0 Å². The minimum Gasteiger partial charge on any atom is -1.00 e. The van der Waals surface area contributed by atoms with Gasteiger partial charge in [-0.3, -0.25) is 12.2 Å². The molecule has 0 heterocycles. The molecule has 174 valence electrons. The molecular weight excluding hydrogens is 642 g/mol. The molecule has 5 heteroatoms. The fourth-order valence-electron chi connectivity index (χ4n) is 2.87. The van der Waals surface area contributed by atoms with E-state index < -0.39 is 7.59 Å². The average Bonchev–Trinajstić information content (AvgIpc) is 3.38. The Bertz CT molecular complexity index is 854. The molecule has 0 N–H and O–H groups in total. The van der Waals surface area contributed by atoms with Crippen LogP contribution < -0.4 is 24.8 Å². The molecule has 0 saturated heterocycles. The van der Waals surface area contributed by atoms with Crippen LogP contribution in [0.5, 0.6) is 0 Å². The average molecular weight is 678 g/mol. The van der Waals surface area contributed by atoms with Gasteiger partial charge < -0.3 is 24.8 Å². The van der Waals surface area contributed by atoms with E-state index in [4.69, 9.17) is 0 Å². The van der Waals surface area contributed by atoms with Crippen LogP contribution in [0.3, 0.4) is 0 Å². The summed E-state index contributed by atoms with van der Waals surface area (Å²) < 4.78 is 0. The van der Waals surface area contributed by atoms with E-state index in [-0.39, 0.29) is 50.7 Å². The molecular formula is C28H36Cl2HfSi2. The molecule has 0 nitrogen and oxygen atoms in total. The SMILES string of the molecule is CC1=[C-]CC(c2ccccc2)=C1.CC1=[C-]CC(c2ccccc2)=C1.C[SiH2][Si](C)(C)C.[Cl-].[Cl-].[Hf+4]. The summed E-state index contributed by atoms with van der Waals surface area (Å²) in [6.07, 6.45) is 12.9. The molecule has 0 aliphatic heterocycles. The van der Waals surface area contributed by atoms with E-state index in [9.17, 15) is 0 Å². The summed E-state index contributed by atoms with van der Waals surface area (Å²) in [6, 6.07) is 21.0. The second-order valence-corrected chi connectivity index (χ2v) is 23.4. The predicted molar refractivity (Wildman–Crippen MR) is 141 cm³/mol. The Balaban J connectivity index is 0. The van der Waals surface area contributed by atoms with Gasteiger partial charge in [-0.15, -0.1) is 24.0 Å². The molecule has 0 unspecified atom stereocenters. The summed E-state index contributed by atoms with van der Waals surface area (Å²) in [7, 11) is -0.101. The molecule has 2 aliphatic carbocycles. The number of allylic oxidation sites excluding steroid dienone is 8. The smallest absolute Gasteiger partial charge is 1.00 e. The quantitative estimate of drug-likeness (QED) is 0.342. The molecule has 0 saturated carbocycles. The van der Waals surface area contributed by atoms with Crippen molar-refractivity contribution < 1.29 is 50.7 Å². The summed E-state index contributed by atoms with van der Waals surface area (Å²) in [5, 5.41) is 0. The predicted octanol–water partition coefficient (Wildman–Crippen LogP) is 1.49. The van der Waals surface area contributed by atoms with E-state index in [1.807, 2.05) is 12.1 Å². The first-order valence-electron chi connectivity index (χ1n) is 11.0. The first kappa shape index (κ1) is 34.5. The number of hydrogen-bond donors (Lipinski definition) is 0. The monoisotopic (exact) mass is 678 g/mol. The van der Waals surface area contributed by atoms with Crippen molar-refractivity contribution in [2.45, 2.75) is 52.9 Å². The van der Waals surface area contributed by atoms with Gasteiger partial charge in [0.15, 0.2) is 0 Å². The van der Waals surface area contributed by atoms with E-state index in [0.29, 0.717) is 9.04 Å². The molecule has 0 atom stereocenters. The van der Waals surface area contributed by atoms with Gasteiger partial charge in [0, 0.05) is 16.6 Å². The molecule has 2 aliphatic rings. The maximum absolute atomic E-state index is 3.29. The molecule has 0 spiro atoms. The second kappa shape index (κ2) is 17.7. The van der Waals surface area contributed by atoms with Crippen molar-refractivity contribution in [2.24, 2.45) is 0 Å². The van der Waals surface area contributed by atoms with E-state index in [0.717, 1.165) is 12.8 Å². The first-order chi connectivity index (χ1) is 14.3. The van der Waals surface area contributed by atoms with Crippen molar-refractivity contribution in [1.29, 1.82) is 0 Å². The summed E-state index contributed by atoms with van der Waals surface area (Å²) in [5.74, 6) is 0. The molecule has 33 heavy (non-hydrogen) atoms. The van der Waals surface area contributed by atoms with Crippen molar-refractivity contribution in [3.05, 3.63) is 107 Å². The third kappa shape index (κ3) is 13.7. The van der Waals surface area contributed by atoms with Gasteiger partial charge in [0.25, 0.3) is 0 Å². The van der Waals surface area contributed by atoms with Gasteiger partial charge in [0.05, 0.1) is 0 Å². The molecule has 2 aromatic rings. The van der Waals surface area contributed by atoms with E-state index in [1.165, 1.54) is 33.4 Å². The Morgan fingerprint density at radius 3 is 1.18 bits per heavy atom. The minimum atomic E-state index is -0.492. The van der Waals surface area contributed by atoms with Crippen molar-refractivity contribution in [1.82, 2.24) is 0 Å². The Hall–Kier alpha value is -0.716. The first-order valence-corrected chi connectivity index (χ1v) is 18.2. The Labute approximate surface area is 237 Å². The van der Waals surface area contributed by atoms with Gasteiger partial charge >= 0.3 is 25.8 Å². The van der Waals surface area contributed by atoms with E-state index in [1.54, 1.807) is 0 Å². The van der Waals surface area contributed by atoms with Crippen LogP contribution in [0.4, 0.5) is 0 Å². The number of halogens is 2. The molecule has 0 radical (unpaired) electrons. The van der Waals surface area contributed by atoms with Crippen molar-refractivity contribution in [3.8, 4) is 0 Å². The third-order valence-electron chi connectivity index (χ3n) is 5.25. The van der Waals surface area contributed by atoms with Gasteiger partial charge in [-0.2, -0.15) is 0 Å². The van der Waals surface area contributed by atoms with Crippen LogP contribution in [-0.4, -0.2) is 16.6 Å². The van der Waals surface area contributed by atoms with Crippen molar-refractivity contribution in [2.75, 3.05) is 0 Å². The number of hydrogen-bond acceptors (Lipinski definition) is 0. The normalized spacial score (nSPS) is 14.0. The molecule has 2 aromatic carbocycles. The van der Waals surface area contributed by atoms with Gasteiger partial charge in [-0.1, -0.05) is 101 Å². The van der Waals surface area contributed by atoms with Crippen LogP contribution in [0.1, 0.15) is 37.8 Å². The van der Waals surface area contributed by atoms with Crippen LogP contribution in [0.2, 0.25) is 26.2 Å².